The van der Waals surface area contributed by atoms with Gasteiger partial charge in [-0.3, -0.25) is 14.0 Å². The van der Waals surface area contributed by atoms with Gasteiger partial charge in [-0.2, -0.15) is 0 Å². The van der Waals surface area contributed by atoms with Crippen LogP contribution in [0.15, 0.2) is 0 Å². The first-order valence-corrected chi connectivity index (χ1v) is 7.51. The molecule has 0 aromatic carbocycles. The van der Waals surface area contributed by atoms with Crippen molar-refractivity contribution in [3.05, 3.63) is 0 Å². The summed E-state index contributed by atoms with van der Waals surface area (Å²) in [5.74, 6) is 0. The van der Waals surface area contributed by atoms with Gasteiger partial charge in [0.15, 0.2) is 0 Å². The summed E-state index contributed by atoms with van der Waals surface area (Å²) in [5, 5.41) is 0. The smallest absolute Gasteiger partial charge is 0.354 e. The van der Waals surface area contributed by atoms with Crippen molar-refractivity contribution in [2.75, 3.05) is 26.3 Å². The maximum atomic E-state index is 11.0. The van der Waals surface area contributed by atoms with Crippen molar-refractivity contribution in [2.24, 2.45) is 0 Å². The third kappa shape index (κ3) is 5.23. The molecule has 1 rings (SSSR count). The Morgan fingerprint density at radius 2 is 1.38 bits per heavy atom. The van der Waals surface area contributed by atoms with E-state index in [-0.39, 0.29) is 77.7 Å². The van der Waals surface area contributed by atoms with E-state index < -0.39 is 20.7 Å². The van der Waals surface area contributed by atoms with Gasteiger partial charge < -0.3 is 24.3 Å². The monoisotopic (exact) mass is 300 g/mol. The maximum absolute atomic E-state index is 11.0. The summed E-state index contributed by atoms with van der Waals surface area (Å²) in [6.07, 6.45) is 0. The Kier molecular flexibility index (Phi) is 7.66. The fraction of sp³-hybridized carbons (Fsp3) is 1.00. The Morgan fingerprint density at radius 3 is 1.69 bits per heavy atom. The van der Waals surface area contributed by atoms with Crippen LogP contribution in [-0.4, -0.2) is 108 Å². The molecule has 0 aromatic heterocycles. The molecule has 0 atom stereocenters. The largest absolute Gasteiger partial charge is 0.379 e. The molecule has 0 bridgehead atoms. The van der Waals surface area contributed by atoms with Crippen LogP contribution in [0.25, 0.3) is 0 Å². The normalized spacial score (nSPS) is 19.6. The van der Waals surface area contributed by atoms with Gasteiger partial charge in [0.05, 0.1) is 13.2 Å². The van der Waals surface area contributed by atoms with Gasteiger partial charge in [0.1, 0.15) is 0 Å². The number of ether oxygens (including phenoxy) is 1. The first-order valence-electron chi connectivity index (χ1n) is 4.15. The minimum absolute atomic E-state index is 0. The molecule has 0 amide bonds. The second-order valence-corrected chi connectivity index (χ2v) is 6.91. The number of morpholine rings is 1. The molecule has 0 saturated carbocycles. The third-order valence-corrected chi connectivity index (χ3v) is 5.64. The molecule has 0 aliphatic carbocycles. The van der Waals surface area contributed by atoms with E-state index in [4.69, 9.17) is 24.3 Å². The molecule has 91 valence electrons. The Bertz CT molecular complexity index is 286. The van der Waals surface area contributed by atoms with Crippen LogP contribution in [0, 0.1) is 0 Å². The van der Waals surface area contributed by atoms with E-state index >= 15 is 0 Å². The van der Waals surface area contributed by atoms with Crippen molar-refractivity contribution in [3.63, 3.8) is 0 Å². The van der Waals surface area contributed by atoms with Crippen molar-refractivity contribution in [1.29, 1.82) is 0 Å². The average molecular weight is 300 g/mol. The standard InChI is InChI=1S/C5H13NO7P2.K/c7-14(8,9)5(15(10,11)12)6-1-3-13-4-2-6;/h5H,1-4H2,(H2,7,8,9)(H2,10,11,12);. The second-order valence-electron chi connectivity index (χ2n) is 3.17. The summed E-state index contributed by atoms with van der Waals surface area (Å²) < 4.78 is 26.9. The van der Waals surface area contributed by atoms with Crippen molar-refractivity contribution >= 4 is 66.6 Å². The number of hydrogen-bond acceptors (Lipinski definition) is 4. The van der Waals surface area contributed by atoms with E-state index in [0.717, 1.165) is 4.90 Å². The van der Waals surface area contributed by atoms with Crippen LogP contribution in [0.4, 0.5) is 0 Å². The SMILES string of the molecule is O=P(O)(O)C(N1CCOCC1)P(=O)(O)O.[K]. The van der Waals surface area contributed by atoms with Gasteiger partial charge in [0.2, 0.25) is 5.52 Å². The van der Waals surface area contributed by atoms with Gasteiger partial charge in [0, 0.05) is 64.5 Å². The molecule has 1 radical (unpaired) electrons. The third-order valence-electron chi connectivity index (χ3n) is 1.97. The van der Waals surface area contributed by atoms with Crippen LogP contribution in [-0.2, 0) is 13.9 Å². The van der Waals surface area contributed by atoms with Crippen LogP contribution in [0.5, 0.6) is 0 Å². The molecule has 1 saturated heterocycles. The van der Waals surface area contributed by atoms with Crippen molar-refractivity contribution in [3.8, 4) is 0 Å². The predicted octanol–water partition coefficient (Wildman–Crippen LogP) is -1.42. The predicted molar refractivity (Wildman–Crippen MR) is 56.0 cm³/mol. The Hall–Kier alpha value is 1.86. The molecule has 1 aliphatic rings. The van der Waals surface area contributed by atoms with Gasteiger partial charge in [-0.25, -0.2) is 0 Å². The van der Waals surface area contributed by atoms with Gasteiger partial charge in [-0.1, -0.05) is 0 Å². The zero-order valence-electron chi connectivity index (χ0n) is 8.76. The molecule has 4 N–H and O–H groups in total. The van der Waals surface area contributed by atoms with E-state index in [1.807, 2.05) is 0 Å². The van der Waals surface area contributed by atoms with E-state index in [1.165, 1.54) is 0 Å². The fourth-order valence-electron chi connectivity index (χ4n) is 1.43. The van der Waals surface area contributed by atoms with Gasteiger partial charge >= 0.3 is 15.2 Å². The first-order chi connectivity index (χ1) is 6.73. The van der Waals surface area contributed by atoms with E-state index in [9.17, 15) is 9.13 Å². The zero-order valence-corrected chi connectivity index (χ0v) is 13.7. The molecule has 1 aliphatic heterocycles. The van der Waals surface area contributed by atoms with Crippen LogP contribution in [0.2, 0.25) is 0 Å². The second kappa shape index (κ2) is 6.86. The van der Waals surface area contributed by atoms with Crippen LogP contribution in [0.1, 0.15) is 0 Å². The number of hydrogen-bond donors (Lipinski definition) is 4. The Morgan fingerprint density at radius 1 is 1.00 bits per heavy atom. The minimum atomic E-state index is -4.86. The van der Waals surface area contributed by atoms with Crippen molar-refractivity contribution in [2.45, 2.75) is 5.52 Å². The first kappa shape index (κ1) is 17.9. The average Bonchev–Trinajstić information content (AvgIpc) is 2.00. The fourth-order valence-corrected chi connectivity index (χ4v) is 4.31. The van der Waals surface area contributed by atoms with Crippen LogP contribution < -0.4 is 0 Å². The van der Waals surface area contributed by atoms with Gasteiger partial charge in [-0.15, -0.1) is 0 Å². The Labute approximate surface area is 135 Å². The molecular weight excluding hydrogens is 287 g/mol. The van der Waals surface area contributed by atoms with E-state index in [0.29, 0.717) is 0 Å². The molecule has 16 heavy (non-hydrogen) atoms. The van der Waals surface area contributed by atoms with Crippen LogP contribution >= 0.6 is 15.2 Å². The minimum Gasteiger partial charge on any atom is -0.379 e. The summed E-state index contributed by atoms with van der Waals surface area (Å²) in [6.45, 7) is 0.606. The molecular formula is C5H13KNO7P2. The summed E-state index contributed by atoms with van der Waals surface area (Å²) in [7, 11) is -9.72. The van der Waals surface area contributed by atoms with Gasteiger partial charge in [0.25, 0.3) is 0 Å². The molecule has 11 heteroatoms. The van der Waals surface area contributed by atoms with E-state index in [1.54, 1.807) is 0 Å². The molecule has 0 spiro atoms. The summed E-state index contributed by atoms with van der Waals surface area (Å²) in [4.78, 5) is 36.7. The summed E-state index contributed by atoms with van der Waals surface area (Å²) in [6, 6.07) is 0. The Balaban J connectivity index is 0.00000225. The van der Waals surface area contributed by atoms with E-state index in [2.05, 4.69) is 0 Å². The van der Waals surface area contributed by atoms with Crippen molar-refractivity contribution < 1.29 is 33.4 Å². The van der Waals surface area contributed by atoms with Crippen molar-refractivity contribution in [1.82, 2.24) is 4.90 Å². The molecule has 1 fully saturated rings. The summed E-state index contributed by atoms with van der Waals surface area (Å²) >= 11 is 0. The topological polar surface area (TPSA) is 128 Å². The summed E-state index contributed by atoms with van der Waals surface area (Å²) in [5.41, 5.74) is -2.05. The van der Waals surface area contributed by atoms with Crippen LogP contribution in [0.3, 0.4) is 0 Å². The maximum Gasteiger partial charge on any atom is 0.354 e. The molecule has 0 aromatic rings. The number of nitrogens with zero attached hydrogens (tertiary/aromatic N) is 1. The quantitative estimate of drug-likeness (QED) is 0.369. The molecule has 8 nitrogen and oxygen atoms in total. The van der Waals surface area contributed by atoms with Gasteiger partial charge in [-0.05, 0) is 0 Å². The molecule has 1 heterocycles. The molecule has 0 unspecified atom stereocenters. The number of rotatable bonds is 3. The zero-order chi connectivity index (χ0) is 11.7.